The van der Waals surface area contributed by atoms with Crippen LogP contribution in [0.15, 0.2) is 36.5 Å². The van der Waals surface area contributed by atoms with Gasteiger partial charge in [0.25, 0.3) is 0 Å². The Kier molecular flexibility index (Phi) is 4.42. The molecule has 20 heavy (non-hydrogen) atoms. The Morgan fingerprint density at radius 1 is 1.25 bits per heavy atom. The normalized spacial score (nSPS) is 11.6. The number of nitrogens with zero attached hydrogens (tertiary/aromatic N) is 2. The van der Waals surface area contributed by atoms with Crippen molar-refractivity contribution >= 4 is 0 Å². The predicted octanol–water partition coefficient (Wildman–Crippen LogP) is 1.51. The second kappa shape index (κ2) is 6.07. The molecule has 0 saturated carbocycles. The van der Waals surface area contributed by atoms with Gasteiger partial charge in [-0.1, -0.05) is 19.9 Å². The number of hydrogen-bond acceptors (Lipinski definition) is 4. The maximum atomic E-state index is 9.38. The quantitative estimate of drug-likeness (QED) is 0.839. The molecule has 5 nitrogen and oxygen atoms in total. The minimum atomic E-state index is -0.365. The summed E-state index contributed by atoms with van der Waals surface area (Å²) in [7, 11) is 0. The van der Waals surface area contributed by atoms with E-state index in [1.54, 1.807) is 4.68 Å². The van der Waals surface area contributed by atoms with Crippen molar-refractivity contribution in [2.45, 2.75) is 19.3 Å². The largest absolute Gasteiger partial charge is 0.491 e. The molecule has 0 radical (unpaired) electrons. The fourth-order valence-corrected chi connectivity index (χ4v) is 1.79. The highest BCUT2D eigenvalue weighted by Gasteiger charge is 2.22. The van der Waals surface area contributed by atoms with Gasteiger partial charge in [-0.25, -0.2) is 4.68 Å². The van der Waals surface area contributed by atoms with Gasteiger partial charge < -0.3 is 14.9 Å². The Morgan fingerprint density at radius 2 is 2.05 bits per heavy atom. The SMILES string of the molecule is CC(C)(CO)c1ccn(-c2cccc(OCCO)c2)n1. The first-order chi connectivity index (χ1) is 9.56. The first-order valence-electron chi connectivity index (χ1n) is 6.58. The van der Waals surface area contributed by atoms with Crippen LogP contribution in [0.2, 0.25) is 0 Å². The van der Waals surface area contributed by atoms with Gasteiger partial charge in [0.05, 0.1) is 24.6 Å². The minimum absolute atomic E-state index is 0.0131. The highest BCUT2D eigenvalue weighted by Crippen LogP contribution is 2.22. The first-order valence-corrected chi connectivity index (χ1v) is 6.58. The lowest BCUT2D eigenvalue weighted by Gasteiger charge is -2.18. The molecule has 0 aliphatic heterocycles. The van der Waals surface area contributed by atoms with Crippen LogP contribution >= 0.6 is 0 Å². The smallest absolute Gasteiger partial charge is 0.121 e. The lowest BCUT2D eigenvalue weighted by atomic mass is 9.91. The second-order valence-electron chi connectivity index (χ2n) is 5.26. The van der Waals surface area contributed by atoms with E-state index in [-0.39, 0.29) is 25.2 Å². The maximum Gasteiger partial charge on any atom is 0.121 e. The standard InChI is InChI=1S/C15H20N2O3/c1-15(2,11-19)14-6-7-17(16-14)12-4-3-5-13(10-12)20-9-8-18/h3-7,10,18-19H,8-9,11H2,1-2H3. The number of aromatic nitrogens is 2. The van der Waals surface area contributed by atoms with Gasteiger partial charge in [0.2, 0.25) is 0 Å². The zero-order valence-corrected chi connectivity index (χ0v) is 11.8. The van der Waals surface area contributed by atoms with E-state index >= 15 is 0 Å². The number of aliphatic hydroxyl groups excluding tert-OH is 2. The fourth-order valence-electron chi connectivity index (χ4n) is 1.79. The first kappa shape index (κ1) is 14.6. The maximum absolute atomic E-state index is 9.38. The predicted molar refractivity (Wildman–Crippen MR) is 76.3 cm³/mol. The molecule has 0 fully saturated rings. The zero-order chi connectivity index (χ0) is 14.6. The third-order valence-electron chi connectivity index (χ3n) is 3.12. The van der Waals surface area contributed by atoms with Gasteiger partial charge in [-0.05, 0) is 18.2 Å². The van der Waals surface area contributed by atoms with Crippen molar-refractivity contribution in [3.8, 4) is 11.4 Å². The van der Waals surface area contributed by atoms with Crippen LogP contribution in [-0.4, -0.2) is 39.8 Å². The molecule has 1 aromatic carbocycles. The lowest BCUT2D eigenvalue weighted by Crippen LogP contribution is -2.22. The van der Waals surface area contributed by atoms with Crippen LogP contribution in [0.4, 0.5) is 0 Å². The van der Waals surface area contributed by atoms with Crippen LogP contribution in [0.5, 0.6) is 5.75 Å². The van der Waals surface area contributed by atoms with Gasteiger partial charge in [-0.3, -0.25) is 0 Å². The number of ether oxygens (including phenoxy) is 1. The van der Waals surface area contributed by atoms with E-state index in [1.807, 2.05) is 50.4 Å². The van der Waals surface area contributed by atoms with Gasteiger partial charge in [0.15, 0.2) is 0 Å². The molecule has 0 unspecified atom stereocenters. The van der Waals surface area contributed by atoms with E-state index in [9.17, 15) is 5.11 Å². The summed E-state index contributed by atoms with van der Waals surface area (Å²) in [6.45, 7) is 4.19. The molecule has 1 heterocycles. The highest BCUT2D eigenvalue weighted by molar-refractivity contribution is 5.39. The Balaban J connectivity index is 2.24. The summed E-state index contributed by atoms with van der Waals surface area (Å²) >= 11 is 0. The summed E-state index contributed by atoms with van der Waals surface area (Å²) in [5, 5.41) is 22.6. The molecule has 0 aliphatic rings. The molecule has 0 amide bonds. The van der Waals surface area contributed by atoms with Crippen LogP contribution in [0.1, 0.15) is 19.5 Å². The van der Waals surface area contributed by atoms with Crippen LogP contribution < -0.4 is 4.74 Å². The third-order valence-corrected chi connectivity index (χ3v) is 3.12. The highest BCUT2D eigenvalue weighted by atomic mass is 16.5. The number of benzene rings is 1. The van der Waals surface area contributed by atoms with E-state index in [0.717, 1.165) is 11.4 Å². The van der Waals surface area contributed by atoms with Crippen molar-refractivity contribution in [2.75, 3.05) is 19.8 Å². The van der Waals surface area contributed by atoms with Crippen molar-refractivity contribution in [1.82, 2.24) is 9.78 Å². The Labute approximate surface area is 118 Å². The van der Waals surface area contributed by atoms with E-state index in [0.29, 0.717) is 5.75 Å². The molecule has 1 aromatic heterocycles. The summed E-state index contributed by atoms with van der Waals surface area (Å²) in [5.41, 5.74) is 1.35. The molecule has 0 aliphatic carbocycles. The molecule has 5 heteroatoms. The molecule has 2 aromatic rings. The van der Waals surface area contributed by atoms with Crippen LogP contribution in [0.25, 0.3) is 5.69 Å². The van der Waals surface area contributed by atoms with E-state index < -0.39 is 0 Å². The monoisotopic (exact) mass is 276 g/mol. The van der Waals surface area contributed by atoms with Gasteiger partial charge >= 0.3 is 0 Å². The van der Waals surface area contributed by atoms with Crippen LogP contribution in [-0.2, 0) is 5.41 Å². The molecule has 2 N–H and O–H groups in total. The second-order valence-corrected chi connectivity index (χ2v) is 5.26. The zero-order valence-electron chi connectivity index (χ0n) is 11.8. The fraction of sp³-hybridized carbons (Fsp3) is 0.400. The average Bonchev–Trinajstić information content (AvgIpc) is 2.96. The van der Waals surface area contributed by atoms with Crippen LogP contribution in [0, 0.1) is 0 Å². The third kappa shape index (κ3) is 3.18. The Bertz CT molecular complexity index is 564. The van der Waals surface area contributed by atoms with E-state index in [2.05, 4.69) is 5.10 Å². The summed E-state index contributed by atoms with van der Waals surface area (Å²) in [4.78, 5) is 0. The summed E-state index contributed by atoms with van der Waals surface area (Å²) < 4.78 is 7.13. The topological polar surface area (TPSA) is 67.5 Å². The molecule has 108 valence electrons. The number of aliphatic hydroxyl groups is 2. The number of hydrogen-bond donors (Lipinski definition) is 2. The summed E-state index contributed by atoms with van der Waals surface area (Å²) in [6.07, 6.45) is 1.86. The molecule has 0 atom stereocenters. The van der Waals surface area contributed by atoms with Crippen molar-refractivity contribution in [1.29, 1.82) is 0 Å². The van der Waals surface area contributed by atoms with Gasteiger partial charge in [-0.2, -0.15) is 5.10 Å². The molecule has 0 saturated heterocycles. The molecule has 2 rings (SSSR count). The lowest BCUT2D eigenvalue weighted by molar-refractivity contribution is 0.201. The van der Waals surface area contributed by atoms with Crippen molar-refractivity contribution < 1.29 is 14.9 Å². The van der Waals surface area contributed by atoms with Crippen molar-refractivity contribution in [2.24, 2.45) is 0 Å². The Morgan fingerprint density at radius 3 is 2.75 bits per heavy atom. The average molecular weight is 276 g/mol. The van der Waals surface area contributed by atoms with Crippen molar-refractivity contribution in [3.63, 3.8) is 0 Å². The van der Waals surface area contributed by atoms with Gasteiger partial charge in [0, 0.05) is 17.7 Å². The number of rotatable bonds is 6. The van der Waals surface area contributed by atoms with Crippen molar-refractivity contribution in [3.05, 3.63) is 42.2 Å². The molecule has 0 spiro atoms. The van der Waals surface area contributed by atoms with E-state index in [4.69, 9.17) is 9.84 Å². The summed E-state index contributed by atoms with van der Waals surface area (Å²) in [5.74, 6) is 0.690. The Hall–Kier alpha value is -1.85. The molecule has 0 bridgehead atoms. The van der Waals surface area contributed by atoms with Crippen LogP contribution in [0.3, 0.4) is 0 Å². The summed E-state index contributed by atoms with van der Waals surface area (Å²) in [6, 6.07) is 9.40. The minimum Gasteiger partial charge on any atom is -0.491 e. The molecular weight excluding hydrogens is 256 g/mol. The molecular formula is C15H20N2O3. The van der Waals surface area contributed by atoms with Gasteiger partial charge in [-0.15, -0.1) is 0 Å². The van der Waals surface area contributed by atoms with Gasteiger partial charge in [0.1, 0.15) is 12.4 Å². The van der Waals surface area contributed by atoms with E-state index in [1.165, 1.54) is 0 Å².